The average Bonchev–Trinajstić information content (AvgIpc) is 2.37. The van der Waals surface area contributed by atoms with Gasteiger partial charge in [-0.05, 0) is 24.6 Å². The van der Waals surface area contributed by atoms with Crippen LogP contribution in [0.3, 0.4) is 0 Å². The Kier molecular flexibility index (Phi) is 4.44. The third kappa shape index (κ3) is 3.16. The molecule has 0 bridgehead atoms. The maximum atomic E-state index is 11.9. The van der Waals surface area contributed by atoms with E-state index < -0.39 is 6.04 Å². The highest BCUT2D eigenvalue weighted by Gasteiger charge is 2.17. The van der Waals surface area contributed by atoms with Gasteiger partial charge in [0.2, 0.25) is 5.91 Å². The smallest absolute Gasteiger partial charge is 0.243 e. The minimum absolute atomic E-state index is 0.194. The van der Waals surface area contributed by atoms with E-state index in [2.05, 4.69) is 6.58 Å². The molecule has 1 amide bonds. The highest BCUT2D eigenvalue weighted by Crippen LogP contribution is 2.15. The Morgan fingerprint density at radius 3 is 3.00 bits per heavy atom. The van der Waals surface area contributed by atoms with Crippen LogP contribution in [0.15, 0.2) is 36.9 Å². The van der Waals surface area contributed by atoms with Crippen molar-refractivity contribution in [2.24, 2.45) is 5.73 Å². The van der Waals surface area contributed by atoms with E-state index >= 15 is 0 Å². The molecule has 0 spiro atoms. The first-order valence-corrected chi connectivity index (χ1v) is 5.24. The topological polar surface area (TPSA) is 70.1 Å². The molecule has 0 fully saturated rings. The molecule has 0 heterocycles. The average molecular weight is 229 g/mol. The minimum atomic E-state index is -0.594. The minimum Gasteiger partial charge on any atom is -0.320 e. The molecular weight excluding hydrogens is 214 g/mol. The number of hydrogen-bond donors (Lipinski definition) is 1. The number of nitrogens with zero attached hydrogens (tertiary/aromatic N) is 2. The molecule has 0 aromatic heterocycles. The Morgan fingerprint density at radius 1 is 1.71 bits per heavy atom. The zero-order valence-corrected chi connectivity index (χ0v) is 9.76. The first-order chi connectivity index (χ1) is 8.10. The lowest BCUT2D eigenvalue weighted by Crippen LogP contribution is -2.41. The van der Waals surface area contributed by atoms with Crippen LogP contribution < -0.4 is 10.6 Å². The second-order valence-electron chi connectivity index (χ2n) is 3.69. The van der Waals surface area contributed by atoms with Gasteiger partial charge >= 0.3 is 0 Å². The first-order valence-electron chi connectivity index (χ1n) is 5.24. The van der Waals surface area contributed by atoms with Gasteiger partial charge in [0.1, 0.15) is 0 Å². The number of rotatable bonds is 4. The summed E-state index contributed by atoms with van der Waals surface area (Å²) in [5, 5.41) is 8.78. The molecule has 0 saturated heterocycles. The fraction of sp³-hybridized carbons (Fsp3) is 0.231. The Hall–Kier alpha value is -2.12. The van der Waals surface area contributed by atoms with Gasteiger partial charge in [-0.15, -0.1) is 6.58 Å². The van der Waals surface area contributed by atoms with Crippen molar-refractivity contribution in [1.82, 2.24) is 0 Å². The Balaban J connectivity index is 2.88. The molecule has 1 rings (SSSR count). The van der Waals surface area contributed by atoms with Crippen molar-refractivity contribution in [3.8, 4) is 6.07 Å². The summed E-state index contributed by atoms with van der Waals surface area (Å²) in [5.74, 6) is -0.194. The normalized spacial score (nSPS) is 11.4. The molecule has 1 aromatic carbocycles. The van der Waals surface area contributed by atoms with E-state index in [1.165, 1.54) is 4.90 Å². The zero-order valence-electron chi connectivity index (χ0n) is 9.76. The number of benzene rings is 1. The van der Waals surface area contributed by atoms with Crippen molar-refractivity contribution in [1.29, 1.82) is 5.26 Å². The summed E-state index contributed by atoms with van der Waals surface area (Å²) >= 11 is 0. The van der Waals surface area contributed by atoms with Crippen LogP contribution in [0, 0.1) is 11.3 Å². The summed E-state index contributed by atoms with van der Waals surface area (Å²) in [6.07, 6.45) is 2.04. The van der Waals surface area contributed by atoms with E-state index in [0.717, 1.165) is 0 Å². The van der Waals surface area contributed by atoms with Gasteiger partial charge in [-0.2, -0.15) is 5.26 Å². The fourth-order valence-electron chi connectivity index (χ4n) is 1.44. The quantitative estimate of drug-likeness (QED) is 0.794. The molecule has 0 aliphatic heterocycles. The summed E-state index contributed by atoms with van der Waals surface area (Å²) in [7, 11) is 1.64. The standard InChI is InChI=1S/C13H15N3O/c1-3-5-12(15)13(17)16(2)11-7-4-6-10(8-11)9-14/h3-4,6-8,12H,1,5,15H2,2H3. The van der Waals surface area contributed by atoms with Crippen molar-refractivity contribution in [2.45, 2.75) is 12.5 Å². The maximum Gasteiger partial charge on any atom is 0.243 e. The molecule has 0 saturated carbocycles. The van der Waals surface area contributed by atoms with E-state index in [0.29, 0.717) is 17.7 Å². The third-order valence-electron chi connectivity index (χ3n) is 2.43. The number of nitrogens with two attached hydrogens (primary N) is 1. The molecule has 1 atom stereocenters. The maximum absolute atomic E-state index is 11.9. The van der Waals surface area contributed by atoms with Crippen LogP contribution in [-0.2, 0) is 4.79 Å². The third-order valence-corrected chi connectivity index (χ3v) is 2.43. The summed E-state index contributed by atoms with van der Waals surface area (Å²) in [6, 6.07) is 8.27. The molecule has 4 nitrogen and oxygen atoms in total. The van der Waals surface area contributed by atoms with Gasteiger partial charge in [-0.1, -0.05) is 12.1 Å². The van der Waals surface area contributed by atoms with Crippen LogP contribution in [0.1, 0.15) is 12.0 Å². The van der Waals surface area contributed by atoms with Gasteiger partial charge in [0.25, 0.3) is 0 Å². The van der Waals surface area contributed by atoms with Crippen molar-refractivity contribution in [3.05, 3.63) is 42.5 Å². The monoisotopic (exact) mass is 229 g/mol. The van der Waals surface area contributed by atoms with Crippen LogP contribution in [-0.4, -0.2) is 19.0 Å². The second kappa shape index (κ2) is 5.83. The number of hydrogen-bond acceptors (Lipinski definition) is 3. The van der Waals surface area contributed by atoms with Gasteiger partial charge in [0, 0.05) is 12.7 Å². The predicted molar refractivity (Wildman–Crippen MR) is 67.4 cm³/mol. The molecule has 17 heavy (non-hydrogen) atoms. The summed E-state index contributed by atoms with van der Waals surface area (Å²) in [5.41, 5.74) is 6.88. The number of carbonyl (C=O) groups excluding carboxylic acids is 1. The molecule has 0 aliphatic carbocycles. The van der Waals surface area contributed by atoms with Crippen LogP contribution in [0.25, 0.3) is 0 Å². The second-order valence-corrected chi connectivity index (χ2v) is 3.69. The Bertz CT molecular complexity index is 462. The zero-order chi connectivity index (χ0) is 12.8. The molecule has 1 aromatic rings. The molecule has 0 radical (unpaired) electrons. The van der Waals surface area contributed by atoms with Crippen LogP contribution in [0.2, 0.25) is 0 Å². The number of amides is 1. The van der Waals surface area contributed by atoms with Gasteiger partial charge in [-0.25, -0.2) is 0 Å². The number of likely N-dealkylation sites (N-methyl/N-ethyl adjacent to an activating group) is 1. The molecule has 0 aliphatic rings. The summed E-state index contributed by atoms with van der Waals surface area (Å²) in [4.78, 5) is 13.4. The van der Waals surface area contributed by atoms with Crippen molar-refractivity contribution in [2.75, 3.05) is 11.9 Å². The van der Waals surface area contributed by atoms with Crippen molar-refractivity contribution in [3.63, 3.8) is 0 Å². The summed E-state index contributed by atoms with van der Waals surface area (Å²) in [6.45, 7) is 3.55. The number of carbonyl (C=O) groups is 1. The van der Waals surface area contributed by atoms with Gasteiger partial charge in [0.05, 0.1) is 17.7 Å². The first kappa shape index (κ1) is 12.9. The number of nitriles is 1. The molecule has 1 unspecified atom stereocenters. The van der Waals surface area contributed by atoms with Gasteiger partial charge in [-0.3, -0.25) is 4.79 Å². The summed E-state index contributed by atoms with van der Waals surface area (Å²) < 4.78 is 0. The Labute approximate surface area is 101 Å². The molecule has 4 heteroatoms. The van der Waals surface area contributed by atoms with Gasteiger partial charge < -0.3 is 10.6 Å². The van der Waals surface area contributed by atoms with Gasteiger partial charge in [0.15, 0.2) is 0 Å². The highest BCUT2D eigenvalue weighted by atomic mass is 16.2. The lowest BCUT2D eigenvalue weighted by Gasteiger charge is -2.20. The lowest BCUT2D eigenvalue weighted by molar-refractivity contribution is -0.119. The SMILES string of the molecule is C=CCC(N)C(=O)N(C)c1cccc(C#N)c1. The largest absolute Gasteiger partial charge is 0.320 e. The van der Waals surface area contributed by atoms with Crippen LogP contribution in [0.5, 0.6) is 0 Å². The van der Waals surface area contributed by atoms with E-state index in [4.69, 9.17) is 11.0 Å². The highest BCUT2D eigenvalue weighted by molar-refractivity contribution is 5.96. The number of anilines is 1. The van der Waals surface area contributed by atoms with Crippen LogP contribution >= 0.6 is 0 Å². The Morgan fingerprint density at radius 2 is 2.41 bits per heavy atom. The van der Waals surface area contributed by atoms with E-state index in [1.807, 2.05) is 6.07 Å². The molecular formula is C13H15N3O. The molecule has 88 valence electrons. The predicted octanol–water partition coefficient (Wildman–Crippen LogP) is 1.42. The van der Waals surface area contributed by atoms with Crippen molar-refractivity contribution >= 4 is 11.6 Å². The van der Waals surface area contributed by atoms with E-state index in [9.17, 15) is 4.79 Å². The van der Waals surface area contributed by atoms with Crippen LogP contribution in [0.4, 0.5) is 5.69 Å². The fourth-order valence-corrected chi connectivity index (χ4v) is 1.44. The lowest BCUT2D eigenvalue weighted by atomic mass is 10.1. The van der Waals surface area contributed by atoms with Crippen molar-refractivity contribution < 1.29 is 4.79 Å². The van der Waals surface area contributed by atoms with E-state index in [-0.39, 0.29) is 5.91 Å². The molecule has 2 N–H and O–H groups in total. The van der Waals surface area contributed by atoms with E-state index in [1.54, 1.807) is 37.4 Å².